The summed E-state index contributed by atoms with van der Waals surface area (Å²) in [5.41, 5.74) is 6.79. The van der Waals surface area contributed by atoms with Crippen molar-refractivity contribution in [1.82, 2.24) is 0 Å². The average molecular weight is 316 g/mol. The van der Waals surface area contributed by atoms with Crippen LogP contribution in [0.3, 0.4) is 0 Å². The third-order valence-corrected chi connectivity index (χ3v) is 3.57. The van der Waals surface area contributed by atoms with Gasteiger partial charge in [0.15, 0.2) is 0 Å². The molecule has 2 aromatic carbocycles. The number of benzene rings is 2. The lowest BCUT2D eigenvalue weighted by Crippen LogP contribution is -2.13. The molecule has 0 radical (unpaired) electrons. The minimum absolute atomic E-state index is 0.274. The van der Waals surface area contributed by atoms with Crippen LogP contribution in [0.25, 0.3) is 0 Å². The van der Waals surface area contributed by atoms with Crippen LogP contribution in [-0.2, 0) is 0 Å². The van der Waals surface area contributed by atoms with Gasteiger partial charge >= 0.3 is 0 Å². The molecule has 98 valence electrons. The zero-order valence-corrected chi connectivity index (χ0v) is 11.9. The number of halogens is 3. The number of anilines is 2. The van der Waals surface area contributed by atoms with Crippen LogP contribution in [0.2, 0.25) is 15.1 Å². The highest BCUT2D eigenvalue weighted by molar-refractivity contribution is 6.44. The molecule has 0 aliphatic rings. The first-order valence-corrected chi connectivity index (χ1v) is 6.43. The molecule has 0 aliphatic heterocycles. The predicted octanol–water partition coefficient (Wildman–Crippen LogP) is 4.48. The zero-order chi connectivity index (χ0) is 14.0. The fourth-order valence-corrected chi connectivity index (χ4v) is 2.13. The normalized spacial score (nSPS) is 10.3. The molecule has 0 saturated carbocycles. The lowest BCUT2D eigenvalue weighted by atomic mass is 10.2. The van der Waals surface area contributed by atoms with Gasteiger partial charge in [0.25, 0.3) is 5.91 Å². The molecule has 6 heteroatoms. The number of rotatable bonds is 2. The number of carbonyl (C=O) groups excluding carboxylic acids is 1. The number of hydrogen-bond acceptors (Lipinski definition) is 2. The predicted molar refractivity (Wildman–Crippen MR) is 80.3 cm³/mol. The molecule has 0 atom stereocenters. The van der Waals surface area contributed by atoms with E-state index >= 15 is 0 Å². The van der Waals surface area contributed by atoms with E-state index in [4.69, 9.17) is 40.5 Å². The first-order chi connectivity index (χ1) is 8.99. The second-order valence-electron chi connectivity index (χ2n) is 3.79. The van der Waals surface area contributed by atoms with Crippen LogP contribution >= 0.6 is 34.8 Å². The molecule has 0 saturated heterocycles. The van der Waals surface area contributed by atoms with Gasteiger partial charge < -0.3 is 11.1 Å². The maximum absolute atomic E-state index is 12.1. The van der Waals surface area contributed by atoms with Crippen molar-refractivity contribution in [3.05, 3.63) is 57.0 Å². The summed E-state index contributed by atoms with van der Waals surface area (Å²) >= 11 is 17.8. The van der Waals surface area contributed by atoms with Crippen LogP contribution in [0.5, 0.6) is 0 Å². The Morgan fingerprint density at radius 2 is 1.79 bits per heavy atom. The van der Waals surface area contributed by atoms with Crippen molar-refractivity contribution in [1.29, 1.82) is 0 Å². The second-order valence-corrected chi connectivity index (χ2v) is 4.99. The van der Waals surface area contributed by atoms with Crippen LogP contribution in [0, 0.1) is 0 Å². The van der Waals surface area contributed by atoms with E-state index in [2.05, 4.69) is 5.32 Å². The average Bonchev–Trinajstić information content (AvgIpc) is 2.34. The molecule has 0 bridgehead atoms. The van der Waals surface area contributed by atoms with Gasteiger partial charge in [0.1, 0.15) is 0 Å². The molecule has 0 unspecified atom stereocenters. The summed E-state index contributed by atoms with van der Waals surface area (Å²) in [6, 6.07) is 9.63. The van der Waals surface area contributed by atoms with E-state index in [0.717, 1.165) is 0 Å². The number of nitrogen functional groups attached to an aromatic ring is 1. The Morgan fingerprint density at radius 1 is 1.05 bits per heavy atom. The van der Waals surface area contributed by atoms with Gasteiger partial charge in [0.2, 0.25) is 0 Å². The summed E-state index contributed by atoms with van der Waals surface area (Å²) in [5, 5.41) is 3.57. The molecule has 2 rings (SSSR count). The van der Waals surface area contributed by atoms with Gasteiger partial charge in [-0.05, 0) is 30.3 Å². The number of nitrogens with two attached hydrogens (primary N) is 1. The summed E-state index contributed by atoms with van der Waals surface area (Å²) in [6.45, 7) is 0. The molecular weight excluding hydrogens is 307 g/mol. The SMILES string of the molecule is Nc1ccc(C(=O)Nc2cccc(Cl)c2Cl)c(Cl)c1. The molecule has 3 nitrogen and oxygen atoms in total. The Hall–Kier alpha value is -1.42. The van der Waals surface area contributed by atoms with Crippen LogP contribution in [-0.4, -0.2) is 5.91 Å². The van der Waals surface area contributed by atoms with Crippen molar-refractivity contribution in [3.63, 3.8) is 0 Å². The smallest absolute Gasteiger partial charge is 0.257 e. The van der Waals surface area contributed by atoms with Crippen LogP contribution in [0.4, 0.5) is 11.4 Å². The molecule has 0 fully saturated rings. The first kappa shape index (κ1) is 14.0. The zero-order valence-electron chi connectivity index (χ0n) is 9.58. The van der Waals surface area contributed by atoms with Gasteiger partial charge in [0, 0.05) is 5.69 Å². The minimum Gasteiger partial charge on any atom is -0.399 e. The highest BCUT2D eigenvalue weighted by Crippen LogP contribution is 2.30. The number of hydrogen-bond donors (Lipinski definition) is 2. The van der Waals surface area contributed by atoms with Gasteiger partial charge in [-0.25, -0.2) is 0 Å². The second kappa shape index (κ2) is 5.70. The lowest BCUT2D eigenvalue weighted by Gasteiger charge is -2.09. The number of amides is 1. The first-order valence-electron chi connectivity index (χ1n) is 5.29. The van der Waals surface area contributed by atoms with E-state index in [-0.39, 0.29) is 16.0 Å². The van der Waals surface area contributed by atoms with E-state index < -0.39 is 0 Å². The highest BCUT2D eigenvalue weighted by atomic mass is 35.5. The van der Waals surface area contributed by atoms with E-state index in [9.17, 15) is 4.79 Å². The topological polar surface area (TPSA) is 55.1 Å². The van der Waals surface area contributed by atoms with Crippen molar-refractivity contribution in [2.75, 3.05) is 11.1 Å². The molecule has 0 aliphatic carbocycles. The van der Waals surface area contributed by atoms with Crippen molar-refractivity contribution in [2.45, 2.75) is 0 Å². The van der Waals surface area contributed by atoms with Crippen molar-refractivity contribution >= 4 is 52.1 Å². The van der Waals surface area contributed by atoms with Gasteiger partial charge in [-0.15, -0.1) is 0 Å². The standard InChI is InChI=1S/C13H9Cl3N2O/c14-9-2-1-3-11(12(9)16)18-13(19)8-5-4-7(17)6-10(8)15/h1-6H,17H2,(H,18,19). The third-order valence-electron chi connectivity index (χ3n) is 2.44. The molecule has 1 amide bonds. The Bertz CT molecular complexity index is 644. The van der Waals surface area contributed by atoms with Crippen LogP contribution in [0.15, 0.2) is 36.4 Å². The van der Waals surface area contributed by atoms with Crippen LogP contribution < -0.4 is 11.1 Å². The molecule has 0 aromatic heterocycles. The summed E-state index contributed by atoms with van der Waals surface area (Å²) in [6.07, 6.45) is 0. The molecule has 19 heavy (non-hydrogen) atoms. The van der Waals surface area contributed by atoms with E-state index in [1.165, 1.54) is 6.07 Å². The maximum atomic E-state index is 12.1. The third kappa shape index (κ3) is 3.13. The van der Waals surface area contributed by atoms with Gasteiger partial charge in [0.05, 0.1) is 26.3 Å². The largest absolute Gasteiger partial charge is 0.399 e. The van der Waals surface area contributed by atoms with Gasteiger partial charge in [-0.3, -0.25) is 4.79 Å². The van der Waals surface area contributed by atoms with Crippen molar-refractivity contribution in [2.24, 2.45) is 0 Å². The highest BCUT2D eigenvalue weighted by Gasteiger charge is 2.13. The summed E-state index contributed by atoms with van der Waals surface area (Å²) in [7, 11) is 0. The molecule has 0 heterocycles. The Labute approximate surface area is 125 Å². The van der Waals surface area contributed by atoms with E-state index in [0.29, 0.717) is 22.0 Å². The Morgan fingerprint density at radius 3 is 2.47 bits per heavy atom. The minimum atomic E-state index is -0.380. The maximum Gasteiger partial charge on any atom is 0.257 e. The fraction of sp³-hybridized carbons (Fsp3) is 0. The van der Waals surface area contributed by atoms with Gasteiger partial charge in [-0.1, -0.05) is 40.9 Å². The lowest BCUT2D eigenvalue weighted by molar-refractivity contribution is 0.102. The molecule has 2 aromatic rings. The fourth-order valence-electron chi connectivity index (χ4n) is 1.51. The van der Waals surface area contributed by atoms with Crippen molar-refractivity contribution in [3.8, 4) is 0 Å². The molecule has 3 N–H and O–H groups in total. The Balaban J connectivity index is 2.28. The van der Waals surface area contributed by atoms with E-state index in [1.54, 1.807) is 30.3 Å². The summed E-state index contributed by atoms with van der Waals surface area (Å²) in [4.78, 5) is 12.1. The number of carbonyl (C=O) groups is 1. The number of nitrogens with one attached hydrogen (secondary N) is 1. The molecular formula is C13H9Cl3N2O. The van der Waals surface area contributed by atoms with E-state index in [1.807, 2.05) is 0 Å². The van der Waals surface area contributed by atoms with Crippen molar-refractivity contribution < 1.29 is 4.79 Å². The monoisotopic (exact) mass is 314 g/mol. The van der Waals surface area contributed by atoms with Crippen LogP contribution in [0.1, 0.15) is 10.4 Å². The van der Waals surface area contributed by atoms with Gasteiger partial charge in [-0.2, -0.15) is 0 Å². The molecule has 0 spiro atoms. The quantitative estimate of drug-likeness (QED) is 0.803. The summed E-state index contributed by atoms with van der Waals surface area (Å²) in [5.74, 6) is -0.380. The Kier molecular flexibility index (Phi) is 4.20. The summed E-state index contributed by atoms with van der Waals surface area (Å²) < 4.78 is 0.